The molecule has 0 amide bonds. The zero-order valence-electron chi connectivity index (χ0n) is 15.9. The van der Waals surface area contributed by atoms with Gasteiger partial charge in [-0.05, 0) is 6.04 Å². The summed E-state index contributed by atoms with van der Waals surface area (Å²) in [5.41, 5.74) is 0. The molecule has 0 N–H and O–H groups in total. The van der Waals surface area contributed by atoms with E-state index in [1.165, 1.54) is 109 Å². The second-order valence-electron chi connectivity index (χ2n) is 7.77. The number of rotatable bonds is 17. The Hall–Kier alpha value is 0.697. The van der Waals surface area contributed by atoms with E-state index in [4.69, 9.17) is 0 Å². The molecule has 134 valence electrons. The molecule has 0 fully saturated rings. The van der Waals surface area contributed by atoms with Gasteiger partial charge in [-0.25, -0.2) is 0 Å². The van der Waals surface area contributed by atoms with Gasteiger partial charge in [0, 0.05) is 0 Å². The average molecular weight is 392 g/mol. The highest BCUT2D eigenvalue weighted by molar-refractivity contribution is 9.26. The van der Waals surface area contributed by atoms with Crippen molar-refractivity contribution in [2.45, 2.75) is 129 Å². The first-order chi connectivity index (χ1) is 10.6. The second-order valence-corrected chi connectivity index (χ2v) is 18.1. The Morgan fingerprint density at radius 3 is 1.05 bits per heavy atom. The molecule has 0 aliphatic carbocycles. The molecule has 0 spiro atoms. The fourth-order valence-electron chi connectivity index (χ4n) is 3.09. The Morgan fingerprint density at radius 1 is 0.500 bits per heavy atom. The van der Waals surface area contributed by atoms with Crippen LogP contribution in [0.1, 0.15) is 110 Å². The molecule has 22 heavy (non-hydrogen) atoms. The van der Waals surface area contributed by atoms with Crippen molar-refractivity contribution >= 4 is 22.0 Å². The van der Waals surface area contributed by atoms with Crippen molar-refractivity contribution in [1.29, 1.82) is 0 Å². The fourth-order valence-corrected chi connectivity index (χ4v) is 5.03. The highest BCUT2D eigenvalue weighted by Crippen LogP contribution is 2.21. The lowest BCUT2D eigenvalue weighted by atomic mass is 10.0. The smallest absolute Gasteiger partial charge is 0.124 e. The third kappa shape index (κ3) is 20.7. The summed E-state index contributed by atoms with van der Waals surface area (Å²) >= 11 is 3.86. The molecule has 0 unspecified atom stereocenters. The SMILES string of the molecule is CCCCCCCCCCCCCCCCCC[Si](C)(C)Br. The Labute approximate surface area is 150 Å². The first-order valence-electron chi connectivity index (χ1n) is 10.2. The van der Waals surface area contributed by atoms with Gasteiger partial charge in [-0.2, -0.15) is 0 Å². The molecule has 0 aliphatic rings. The van der Waals surface area contributed by atoms with Gasteiger partial charge in [0.2, 0.25) is 0 Å². The van der Waals surface area contributed by atoms with Gasteiger partial charge in [0.15, 0.2) is 0 Å². The summed E-state index contributed by atoms with van der Waals surface area (Å²) in [4.78, 5) is 0. The van der Waals surface area contributed by atoms with E-state index in [9.17, 15) is 0 Å². The minimum absolute atomic E-state index is 0.952. The largest absolute Gasteiger partial charge is 0.127 e. The molecule has 0 saturated carbocycles. The molecule has 0 aromatic carbocycles. The summed E-state index contributed by atoms with van der Waals surface area (Å²) < 4.78 is 0. The summed E-state index contributed by atoms with van der Waals surface area (Å²) in [5.74, 6) is 0. The molecule has 0 nitrogen and oxygen atoms in total. The standard InChI is InChI=1S/C20H43BrSi/c1-4-5-6-7-8-9-10-11-12-13-14-15-16-17-18-19-20-22(2,3)21/h4-20H2,1-3H3. The normalized spacial score (nSPS) is 12.0. The van der Waals surface area contributed by atoms with Crippen molar-refractivity contribution in [3.05, 3.63) is 0 Å². The van der Waals surface area contributed by atoms with Gasteiger partial charge in [-0.1, -0.05) is 123 Å². The third-order valence-electron chi connectivity index (χ3n) is 4.62. The van der Waals surface area contributed by atoms with E-state index in [1.807, 2.05) is 0 Å². The molecule has 0 saturated heterocycles. The van der Waals surface area contributed by atoms with Crippen LogP contribution in [0.15, 0.2) is 0 Å². The summed E-state index contributed by atoms with van der Waals surface area (Å²) in [7, 11) is 0. The van der Waals surface area contributed by atoms with Gasteiger partial charge >= 0.3 is 0 Å². The van der Waals surface area contributed by atoms with Gasteiger partial charge in [0.1, 0.15) is 6.69 Å². The van der Waals surface area contributed by atoms with E-state index in [0.717, 1.165) is 0 Å². The molecule has 0 rings (SSSR count). The van der Waals surface area contributed by atoms with Crippen molar-refractivity contribution in [2.75, 3.05) is 0 Å². The van der Waals surface area contributed by atoms with Crippen LogP contribution in [0.25, 0.3) is 0 Å². The number of hydrogen-bond acceptors (Lipinski definition) is 0. The summed E-state index contributed by atoms with van der Waals surface area (Å²) in [6.07, 6.45) is 23.5. The lowest BCUT2D eigenvalue weighted by Gasteiger charge is -2.12. The third-order valence-corrected chi connectivity index (χ3v) is 7.36. The first kappa shape index (κ1) is 22.7. The molecule has 0 radical (unpaired) electrons. The molecule has 0 bridgehead atoms. The second kappa shape index (κ2) is 16.6. The minimum atomic E-state index is -0.952. The van der Waals surface area contributed by atoms with Gasteiger partial charge in [-0.15, -0.1) is 15.3 Å². The van der Waals surface area contributed by atoms with Gasteiger partial charge in [-0.3, -0.25) is 0 Å². The summed E-state index contributed by atoms with van der Waals surface area (Å²) in [6, 6.07) is 1.45. The Kier molecular flexibility index (Phi) is 17.1. The van der Waals surface area contributed by atoms with Crippen LogP contribution in [0.5, 0.6) is 0 Å². The zero-order valence-corrected chi connectivity index (χ0v) is 18.5. The first-order valence-corrected chi connectivity index (χ1v) is 15.7. The topological polar surface area (TPSA) is 0 Å². The van der Waals surface area contributed by atoms with Crippen LogP contribution in [0.2, 0.25) is 19.1 Å². The highest BCUT2D eigenvalue weighted by Gasteiger charge is 2.14. The van der Waals surface area contributed by atoms with Gasteiger partial charge in [0.05, 0.1) is 0 Å². The van der Waals surface area contributed by atoms with E-state index in [1.54, 1.807) is 0 Å². The van der Waals surface area contributed by atoms with E-state index >= 15 is 0 Å². The van der Waals surface area contributed by atoms with Crippen LogP contribution < -0.4 is 0 Å². The van der Waals surface area contributed by atoms with E-state index in [-0.39, 0.29) is 0 Å². The molecule has 0 aromatic rings. The van der Waals surface area contributed by atoms with Crippen LogP contribution in [-0.2, 0) is 0 Å². The molecule has 0 heterocycles. The van der Waals surface area contributed by atoms with E-state index in [2.05, 4.69) is 35.3 Å². The average Bonchev–Trinajstić information content (AvgIpc) is 2.45. The number of halogens is 1. The highest BCUT2D eigenvalue weighted by atomic mass is 79.9. The Morgan fingerprint density at radius 2 is 0.773 bits per heavy atom. The van der Waals surface area contributed by atoms with E-state index < -0.39 is 6.69 Å². The summed E-state index contributed by atoms with van der Waals surface area (Å²) in [5, 5.41) is 0. The zero-order chi connectivity index (χ0) is 16.5. The summed E-state index contributed by atoms with van der Waals surface area (Å²) in [6.45, 7) is 6.18. The van der Waals surface area contributed by atoms with Crippen molar-refractivity contribution in [2.24, 2.45) is 0 Å². The van der Waals surface area contributed by atoms with Crippen LogP contribution in [0.4, 0.5) is 0 Å². The van der Waals surface area contributed by atoms with Gasteiger partial charge in [0.25, 0.3) is 0 Å². The van der Waals surface area contributed by atoms with Crippen LogP contribution in [0, 0.1) is 0 Å². The van der Waals surface area contributed by atoms with Crippen LogP contribution in [0.3, 0.4) is 0 Å². The lowest BCUT2D eigenvalue weighted by Crippen LogP contribution is -2.13. The predicted octanol–water partition coefficient (Wildman–Crippen LogP) is 8.85. The lowest BCUT2D eigenvalue weighted by molar-refractivity contribution is 0.531. The molecule has 0 aromatic heterocycles. The van der Waals surface area contributed by atoms with Crippen molar-refractivity contribution < 1.29 is 0 Å². The minimum Gasteiger partial charge on any atom is -0.127 e. The van der Waals surface area contributed by atoms with E-state index in [0.29, 0.717) is 0 Å². The maximum Gasteiger partial charge on any atom is 0.124 e. The molecular weight excluding hydrogens is 348 g/mol. The monoisotopic (exact) mass is 390 g/mol. The maximum absolute atomic E-state index is 3.86. The molecule has 0 atom stereocenters. The van der Waals surface area contributed by atoms with Crippen molar-refractivity contribution in [1.82, 2.24) is 0 Å². The molecule has 0 aliphatic heterocycles. The van der Waals surface area contributed by atoms with Gasteiger partial charge < -0.3 is 0 Å². The quantitative estimate of drug-likeness (QED) is 0.132. The molecule has 2 heteroatoms. The molecular formula is C20H43BrSi. The van der Waals surface area contributed by atoms with Crippen molar-refractivity contribution in [3.8, 4) is 0 Å². The predicted molar refractivity (Wildman–Crippen MR) is 111 cm³/mol. The van der Waals surface area contributed by atoms with Crippen LogP contribution >= 0.6 is 15.3 Å². The fraction of sp³-hybridized carbons (Fsp3) is 1.00. The number of unbranched alkanes of at least 4 members (excludes halogenated alkanes) is 15. The Balaban J connectivity index is 3.00. The van der Waals surface area contributed by atoms with Crippen LogP contribution in [-0.4, -0.2) is 6.69 Å². The number of hydrogen-bond donors (Lipinski definition) is 0. The van der Waals surface area contributed by atoms with Crippen molar-refractivity contribution in [3.63, 3.8) is 0 Å². The maximum atomic E-state index is 3.86. The Bertz CT molecular complexity index is 210.